The first-order valence-corrected chi connectivity index (χ1v) is 13.8. The number of carbonyl (C=O) groups is 2. The van der Waals surface area contributed by atoms with Crippen molar-refractivity contribution in [2.75, 3.05) is 39.9 Å². The van der Waals surface area contributed by atoms with E-state index in [1.54, 1.807) is 30.2 Å². The molecule has 2 heterocycles. The Kier molecular flexibility index (Phi) is 11.2. The number of halogens is 1. The molecule has 0 bridgehead atoms. The van der Waals surface area contributed by atoms with E-state index in [9.17, 15) is 24.2 Å². The summed E-state index contributed by atoms with van der Waals surface area (Å²) in [5.41, 5.74) is 0.936. The first-order valence-electron chi connectivity index (χ1n) is 13.8. The summed E-state index contributed by atoms with van der Waals surface area (Å²) in [6, 6.07) is 6.25. The Morgan fingerprint density at radius 1 is 1.21 bits per heavy atom. The topological polar surface area (TPSA) is 121 Å². The van der Waals surface area contributed by atoms with Crippen molar-refractivity contribution in [2.24, 2.45) is 17.8 Å². The maximum Gasteiger partial charge on any atom is 0.407 e. The van der Waals surface area contributed by atoms with Gasteiger partial charge in [-0.15, -0.1) is 5.10 Å². The molecular formula is C28H42FN5O5. The first-order chi connectivity index (χ1) is 18.6. The smallest absolute Gasteiger partial charge is 0.407 e. The van der Waals surface area contributed by atoms with Gasteiger partial charge in [0.05, 0.1) is 11.8 Å². The molecule has 2 aromatic rings. The van der Waals surface area contributed by atoms with E-state index in [1.807, 2.05) is 20.8 Å². The second kappa shape index (κ2) is 14.4. The Morgan fingerprint density at radius 2 is 1.95 bits per heavy atom. The van der Waals surface area contributed by atoms with Crippen LogP contribution in [0.25, 0.3) is 5.69 Å². The molecule has 1 aromatic heterocycles. The number of carbonyl (C=O) groups excluding carboxylic acids is 1. The Hall–Kier alpha value is -3.05. The molecule has 39 heavy (non-hydrogen) atoms. The predicted octanol–water partition coefficient (Wildman–Crippen LogP) is 3.86. The first kappa shape index (κ1) is 30.5. The van der Waals surface area contributed by atoms with Gasteiger partial charge in [0.2, 0.25) is 0 Å². The molecular weight excluding hydrogens is 505 g/mol. The van der Waals surface area contributed by atoms with Crippen molar-refractivity contribution >= 4 is 12.0 Å². The van der Waals surface area contributed by atoms with Crippen molar-refractivity contribution in [1.82, 2.24) is 24.8 Å². The number of aliphatic hydroxyl groups excluding tert-OH is 1. The SMILES string of the molecule is COCCCCc1c(C(=O)N(CC(C)C)C[C@@H](C)[C@@H](O)C2CCCN(C(=O)O)C2)nnn1-c1ccccc1F. The normalized spacial score (nSPS) is 17.3. The number of aromatic nitrogens is 3. The Bertz CT molecular complexity index is 1090. The molecule has 216 valence electrons. The molecule has 0 saturated carbocycles. The monoisotopic (exact) mass is 547 g/mol. The molecule has 1 unspecified atom stereocenters. The van der Waals surface area contributed by atoms with Gasteiger partial charge in [0.25, 0.3) is 5.91 Å². The number of carboxylic acid groups (broad SMARTS) is 1. The number of piperidine rings is 1. The summed E-state index contributed by atoms with van der Waals surface area (Å²) < 4.78 is 21.2. The highest BCUT2D eigenvalue weighted by Crippen LogP contribution is 2.26. The van der Waals surface area contributed by atoms with Crippen LogP contribution in [0.1, 0.15) is 62.6 Å². The van der Waals surface area contributed by atoms with E-state index in [2.05, 4.69) is 10.3 Å². The van der Waals surface area contributed by atoms with Gasteiger partial charge < -0.3 is 24.7 Å². The minimum absolute atomic E-state index is 0.155. The van der Waals surface area contributed by atoms with Crippen molar-refractivity contribution in [3.8, 4) is 5.69 Å². The summed E-state index contributed by atoms with van der Waals surface area (Å²) in [5.74, 6) is -1.11. The molecule has 2 N–H and O–H groups in total. The van der Waals surface area contributed by atoms with Crippen LogP contribution in [0.3, 0.4) is 0 Å². The number of nitrogens with zero attached hydrogens (tertiary/aromatic N) is 5. The standard InChI is InChI=1S/C28H42FN5O5/c1-19(2)16-33(17-20(3)26(35)21-10-9-14-32(18-21)28(37)38)27(36)25-24(13-7-8-15-39-4)34(31-30-25)23-12-6-5-11-22(23)29/h5-6,11-12,19-21,26,35H,7-10,13-18H2,1-4H3,(H,37,38)/t20-,21?,26-/m1/s1. The van der Waals surface area contributed by atoms with Gasteiger partial charge >= 0.3 is 6.09 Å². The zero-order valence-corrected chi connectivity index (χ0v) is 23.4. The molecule has 1 fully saturated rings. The average molecular weight is 548 g/mol. The lowest BCUT2D eigenvalue weighted by atomic mass is 9.85. The fraction of sp³-hybridized carbons (Fsp3) is 0.643. The van der Waals surface area contributed by atoms with Gasteiger partial charge in [0.1, 0.15) is 11.5 Å². The Morgan fingerprint density at radius 3 is 2.62 bits per heavy atom. The number of unbranched alkanes of at least 4 members (excludes halogenated alkanes) is 1. The number of ether oxygens (including phenoxy) is 1. The molecule has 3 atom stereocenters. The molecule has 1 aliphatic rings. The number of hydrogen-bond donors (Lipinski definition) is 2. The summed E-state index contributed by atoms with van der Waals surface area (Å²) in [6.45, 7) is 7.93. The highest BCUT2D eigenvalue weighted by atomic mass is 19.1. The lowest BCUT2D eigenvalue weighted by Crippen LogP contribution is -2.47. The maximum atomic E-state index is 14.7. The number of likely N-dealkylation sites (tertiary alicyclic amines) is 1. The number of hydrogen-bond acceptors (Lipinski definition) is 6. The second-order valence-corrected chi connectivity index (χ2v) is 10.9. The number of para-hydroxylation sites is 1. The van der Waals surface area contributed by atoms with Crippen LogP contribution in [0, 0.1) is 23.6 Å². The van der Waals surface area contributed by atoms with E-state index in [4.69, 9.17) is 4.74 Å². The van der Waals surface area contributed by atoms with Gasteiger partial charge in [0.15, 0.2) is 5.69 Å². The van der Waals surface area contributed by atoms with E-state index in [0.717, 1.165) is 12.8 Å². The Balaban J connectivity index is 1.85. The predicted molar refractivity (Wildman–Crippen MR) is 144 cm³/mol. The third-order valence-electron chi connectivity index (χ3n) is 7.23. The van der Waals surface area contributed by atoms with Crippen LogP contribution < -0.4 is 0 Å². The lowest BCUT2D eigenvalue weighted by Gasteiger charge is -2.37. The molecule has 0 aliphatic carbocycles. The van der Waals surface area contributed by atoms with Crippen molar-refractivity contribution in [1.29, 1.82) is 0 Å². The van der Waals surface area contributed by atoms with Crippen LogP contribution in [0.4, 0.5) is 9.18 Å². The summed E-state index contributed by atoms with van der Waals surface area (Å²) in [6.07, 6.45) is 1.62. The highest BCUT2D eigenvalue weighted by Gasteiger charge is 2.34. The highest BCUT2D eigenvalue weighted by molar-refractivity contribution is 5.93. The van der Waals surface area contributed by atoms with E-state index in [1.165, 1.54) is 15.6 Å². The van der Waals surface area contributed by atoms with Gasteiger partial charge in [0, 0.05) is 45.8 Å². The Labute approximate surface area is 229 Å². The van der Waals surface area contributed by atoms with Gasteiger partial charge in [-0.2, -0.15) is 0 Å². The van der Waals surface area contributed by atoms with Crippen LogP contribution in [0.2, 0.25) is 0 Å². The molecule has 3 rings (SSSR count). The summed E-state index contributed by atoms with van der Waals surface area (Å²) in [4.78, 5) is 28.4. The fourth-order valence-electron chi connectivity index (χ4n) is 5.26. The molecule has 1 aromatic carbocycles. The van der Waals surface area contributed by atoms with E-state index in [0.29, 0.717) is 44.7 Å². The lowest BCUT2D eigenvalue weighted by molar-refractivity contribution is 0.00782. The van der Waals surface area contributed by atoms with E-state index >= 15 is 0 Å². The molecule has 2 amide bonds. The quantitative estimate of drug-likeness (QED) is 0.365. The van der Waals surface area contributed by atoms with Crippen LogP contribution in [0.5, 0.6) is 0 Å². The summed E-state index contributed by atoms with van der Waals surface area (Å²) >= 11 is 0. The van der Waals surface area contributed by atoms with Crippen LogP contribution in [-0.2, 0) is 11.2 Å². The average Bonchev–Trinajstić information content (AvgIpc) is 3.33. The number of methoxy groups -OCH3 is 1. The molecule has 1 saturated heterocycles. The third kappa shape index (κ3) is 7.98. The van der Waals surface area contributed by atoms with Crippen molar-refractivity contribution in [3.63, 3.8) is 0 Å². The third-order valence-corrected chi connectivity index (χ3v) is 7.23. The zero-order chi connectivity index (χ0) is 28.5. The number of rotatable bonds is 13. The van der Waals surface area contributed by atoms with Gasteiger partial charge in [-0.05, 0) is 56.1 Å². The minimum atomic E-state index is -0.980. The van der Waals surface area contributed by atoms with Gasteiger partial charge in [-0.3, -0.25) is 4.79 Å². The number of aliphatic hydroxyl groups is 1. The van der Waals surface area contributed by atoms with E-state index < -0.39 is 18.0 Å². The largest absolute Gasteiger partial charge is 0.465 e. The number of benzene rings is 1. The van der Waals surface area contributed by atoms with Crippen LogP contribution in [0.15, 0.2) is 24.3 Å². The van der Waals surface area contributed by atoms with Gasteiger partial charge in [-0.1, -0.05) is 38.1 Å². The molecule has 0 spiro atoms. The van der Waals surface area contributed by atoms with Crippen LogP contribution >= 0.6 is 0 Å². The van der Waals surface area contributed by atoms with E-state index in [-0.39, 0.29) is 48.1 Å². The van der Waals surface area contributed by atoms with Crippen molar-refractivity contribution in [3.05, 3.63) is 41.5 Å². The number of amides is 2. The molecule has 11 heteroatoms. The summed E-state index contributed by atoms with van der Waals surface area (Å²) in [7, 11) is 1.63. The second-order valence-electron chi connectivity index (χ2n) is 10.9. The van der Waals surface area contributed by atoms with Crippen LogP contribution in [-0.4, -0.2) is 93.0 Å². The molecule has 0 radical (unpaired) electrons. The zero-order valence-electron chi connectivity index (χ0n) is 23.4. The minimum Gasteiger partial charge on any atom is -0.465 e. The van der Waals surface area contributed by atoms with Gasteiger partial charge in [-0.25, -0.2) is 13.9 Å². The van der Waals surface area contributed by atoms with Crippen molar-refractivity contribution < 1.29 is 28.9 Å². The van der Waals surface area contributed by atoms with Crippen molar-refractivity contribution in [2.45, 2.75) is 59.0 Å². The fourth-order valence-corrected chi connectivity index (χ4v) is 5.26. The maximum absolute atomic E-state index is 14.7. The molecule has 10 nitrogen and oxygen atoms in total. The summed E-state index contributed by atoms with van der Waals surface area (Å²) in [5, 5.41) is 28.9. The molecule has 1 aliphatic heterocycles.